The van der Waals surface area contributed by atoms with Crippen LogP contribution in [0.15, 0.2) is 30.3 Å². The minimum absolute atomic E-state index is 0.0582. The van der Waals surface area contributed by atoms with E-state index in [1.165, 1.54) is 20.3 Å². The SMILES string of the molecule is COC(=O)c1cc(OC)cc(C(c2nnnn2C2CC2)N2CCN(c3ccc4c(c3)C(=O)N(C3CCC(=O)NC3=O)C4=O)CC2)n1. The maximum Gasteiger partial charge on any atom is 0.356 e. The number of carbonyl (C=O) groups excluding carboxylic acids is 5. The Labute approximate surface area is 262 Å². The van der Waals surface area contributed by atoms with Crippen molar-refractivity contribution in [2.75, 3.05) is 45.3 Å². The summed E-state index contributed by atoms with van der Waals surface area (Å²) in [5.41, 5.74) is 1.87. The van der Waals surface area contributed by atoms with E-state index in [2.05, 4.69) is 35.6 Å². The van der Waals surface area contributed by atoms with Crippen molar-refractivity contribution in [3.63, 3.8) is 0 Å². The Morgan fingerprint density at radius 1 is 0.957 bits per heavy atom. The largest absolute Gasteiger partial charge is 0.497 e. The van der Waals surface area contributed by atoms with Crippen molar-refractivity contribution in [3.05, 3.63) is 58.7 Å². The lowest BCUT2D eigenvalue weighted by atomic mass is 10.0. The number of piperazine rings is 1. The Kier molecular flexibility index (Phi) is 7.43. The molecule has 2 saturated heterocycles. The van der Waals surface area contributed by atoms with E-state index in [-0.39, 0.29) is 35.7 Å². The first-order valence-electron chi connectivity index (χ1n) is 15.0. The van der Waals surface area contributed by atoms with Gasteiger partial charge in [0, 0.05) is 50.4 Å². The van der Waals surface area contributed by atoms with Crippen LogP contribution in [0.4, 0.5) is 5.69 Å². The quantitative estimate of drug-likeness (QED) is 0.269. The number of carbonyl (C=O) groups is 5. The molecule has 4 amide bonds. The predicted molar refractivity (Wildman–Crippen MR) is 157 cm³/mol. The minimum atomic E-state index is -1.02. The van der Waals surface area contributed by atoms with E-state index >= 15 is 0 Å². The zero-order valence-electron chi connectivity index (χ0n) is 25.2. The Morgan fingerprint density at radius 3 is 2.41 bits per heavy atom. The number of hydrogen-bond donors (Lipinski definition) is 1. The first-order valence-corrected chi connectivity index (χ1v) is 15.0. The van der Waals surface area contributed by atoms with Crippen molar-refractivity contribution >= 4 is 35.3 Å². The van der Waals surface area contributed by atoms with Gasteiger partial charge in [0.1, 0.15) is 17.8 Å². The average molecular weight is 630 g/mol. The van der Waals surface area contributed by atoms with Crippen molar-refractivity contribution in [2.24, 2.45) is 0 Å². The number of rotatable bonds is 8. The van der Waals surface area contributed by atoms with Gasteiger partial charge in [0.25, 0.3) is 11.8 Å². The van der Waals surface area contributed by atoms with Crippen LogP contribution in [0.25, 0.3) is 0 Å². The van der Waals surface area contributed by atoms with Crippen LogP contribution in [0.5, 0.6) is 5.75 Å². The lowest BCUT2D eigenvalue weighted by Crippen LogP contribution is -2.54. The summed E-state index contributed by atoms with van der Waals surface area (Å²) in [6.07, 6.45) is 2.10. The average Bonchev–Trinajstić information content (AvgIpc) is 3.76. The molecule has 1 saturated carbocycles. The first kappa shape index (κ1) is 29.5. The maximum atomic E-state index is 13.4. The normalized spacial score (nSPS) is 20.9. The van der Waals surface area contributed by atoms with Crippen LogP contribution in [0.2, 0.25) is 0 Å². The van der Waals surface area contributed by atoms with E-state index in [4.69, 9.17) is 9.47 Å². The number of fused-ring (bicyclic) bond motifs is 1. The number of esters is 1. The van der Waals surface area contributed by atoms with Gasteiger partial charge in [-0.15, -0.1) is 5.10 Å². The number of tetrazole rings is 1. The van der Waals surface area contributed by atoms with Crippen LogP contribution >= 0.6 is 0 Å². The number of anilines is 1. The fraction of sp³-hybridized carbons (Fsp3) is 0.433. The van der Waals surface area contributed by atoms with Crippen molar-refractivity contribution in [1.82, 2.24) is 40.3 Å². The van der Waals surface area contributed by atoms with Crippen molar-refractivity contribution in [2.45, 2.75) is 43.8 Å². The Hall–Kier alpha value is -5.25. The van der Waals surface area contributed by atoms with Gasteiger partial charge in [0.05, 0.1) is 37.1 Å². The van der Waals surface area contributed by atoms with Gasteiger partial charge in [0.15, 0.2) is 11.5 Å². The number of hydrogen-bond acceptors (Lipinski definition) is 13. The topological polar surface area (TPSA) is 182 Å². The van der Waals surface area contributed by atoms with E-state index < -0.39 is 41.7 Å². The highest BCUT2D eigenvalue weighted by Gasteiger charge is 2.45. The monoisotopic (exact) mass is 629 g/mol. The third kappa shape index (κ3) is 5.13. The predicted octanol–water partition coefficient (Wildman–Crippen LogP) is 0.511. The molecule has 2 aromatic heterocycles. The molecule has 1 aliphatic carbocycles. The van der Waals surface area contributed by atoms with Gasteiger partial charge < -0.3 is 14.4 Å². The number of aromatic nitrogens is 5. The summed E-state index contributed by atoms with van der Waals surface area (Å²) >= 11 is 0. The molecule has 4 aliphatic rings. The van der Waals surface area contributed by atoms with Crippen LogP contribution < -0.4 is 15.0 Å². The van der Waals surface area contributed by atoms with Crippen molar-refractivity contribution in [3.8, 4) is 5.75 Å². The van der Waals surface area contributed by atoms with Crippen LogP contribution in [0, 0.1) is 0 Å². The summed E-state index contributed by atoms with van der Waals surface area (Å²) in [7, 11) is 2.81. The van der Waals surface area contributed by atoms with E-state index in [9.17, 15) is 24.0 Å². The van der Waals surface area contributed by atoms with Gasteiger partial charge in [-0.25, -0.2) is 14.5 Å². The van der Waals surface area contributed by atoms with E-state index in [1.807, 2.05) is 4.68 Å². The van der Waals surface area contributed by atoms with Crippen LogP contribution in [0.1, 0.15) is 80.5 Å². The third-order valence-electron chi connectivity index (χ3n) is 8.85. The molecule has 46 heavy (non-hydrogen) atoms. The Bertz CT molecular complexity index is 1760. The molecule has 5 heterocycles. The lowest BCUT2D eigenvalue weighted by Gasteiger charge is -2.39. The van der Waals surface area contributed by atoms with Crippen molar-refractivity contribution in [1.29, 1.82) is 0 Å². The molecule has 2 atom stereocenters. The van der Waals surface area contributed by atoms with Gasteiger partial charge >= 0.3 is 5.97 Å². The van der Waals surface area contributed by atoms with Gasteiger partial charge in [-0.2, -0.15) is 0 Å². The second-order valence-electron chi connectivity index (χ2n) is 11.6. The van der Waals surface area contributed by atoms with E-state index in [0.717, 1.165) is 23.4 Å². The molecule has 3 fully saturated rings. The summed E-state index contributed by atoms with van der Waals surface area (Å²) in [5.74, 6) is -1.69. The molecule has 1 N–H and O–H groups in total. The molecule has 16 nitrogen and oxygen atoms in total. The van der Waals surface area contributed by atoms with Crippen LogP contribution in [0.3, 0.4) is 0 Å². The maximum absolute atomic E-state index is 13.4. The zero-order valence-corrected chi connectivity index (χ0v) is 25.2. The number of piperidine rings is 1. The highest BCUT2D eigenvalue weighted by atomic mass is 16.5. The molecule has 7 rings (SSSR count). The first-order chi connectivity index (χ1) is 22.3. The van der Waals surface area contributed by atoms with Crippen molar-refractivity contribution < 1.29 is 33.4 Å². The van der Waals surface area contributed by atoms with Gasteiger partial charge in [0.2, 0.25) is 11.8 Å². The summed E-state index contributed by atoms with van der Waals surface area (Å²) < 4.78 is 12.3. The summed E-state index contributed by atoms with van der Waals surface area (Å²) in [4.78, 5) is 73.0. The smallest absolute Gasteiger partial charge is 0.356 e. The summed E-state index contributed by atoms with van der Waals surface area (Å²) in [5, 5.41) is 14.8. The molecule has 0 spiro atoms. The molecular weight excluding hydrogens is 598 g/mol. The highest BCUT2D eigenvalue weighted by Crippen LogP contribution is 2.39. The number of pyridine rings is 1. The van der Waals surface area contributed by atoms with Crippen LogP contribution in [-0.4, -0.2) is 111 Å². The summed E-state index contributed by atoms with van der Waals surface area (Å²) in [6.45, 7) is 2.24. The number of nitrogens with zero attached hydrogens (tertiary/aromatic N) is 8. The number of methoxy groups -OCH3 is 2. The molecule has 238 valence electrons. The molecular formula is C30H31N9O7. The van der Waals surface area contributed by atoms with Gasteiger partial charge in [-0.1, -0.05) is 0 Å². The molecule has 3 aliphatic heterocycles. The van der Waals surface area contributed by atoms with E-state index in [1.54, 1.807) is 24.3 Å². The minimum Gasteiger partial charge on any atom is -0.497 e. The van der Waals surface area contributed by atoms with Gasteiger partial charge in [-0.05, 0) is 47.9 Å². The lowest BCUT2D eigenvalue weighted by molar-refractivity contribution is -0.136. The van der Waals surface area contributed by atoms with E-state index in [0.29, 0.717) is 43.4 Å². The zero-order chi connectivity index (χ0) is 32.1. The molecule has 0 bridgehead atoms. The number of nitrogens with one attached hydrogen (secondary N) is 1. The molecule has 2 unspecified atom stereocenters. The summed E-state index contributed by atoms with van der Waals surface area (Å²) in [6, 6.07) is 7.08. The van der Waals surface area contributed by atoms with Gasteiger partial charge in [-0.3, -0.25) is 34.3 Å². The molecule has 0 radical (unpaired) electrons. The fourth-order valence-corrected chi connectivity index (χ4v) is 6.33. The third-order valence-corrected chi connectivity index (χ3v) is 8.85. The number of benzene rings is 1. The Morgan fingerprint density at radius 2 is 1.72 bits per heavy atom. The highest BCUT2D eigenvalue weighted by molar-refractivity contribution is 6.23. The van der Waals surface area contributed by atoms with Crippen LogP contribution in [-0.2, 0) is 14.3 Å². The number of amides is 4. The second-order valence-corrected chi connectivity index (χ2v) is 11.6. The fourth-order valence-electron chi connectivity index (χ4n) is 6.33. The standard InChI is InChI=1S/C30H31N9O7/c1-45-18-14-21(31-22(15-18)30(44)46-2)25(26-33-34-35-39(26)16-3-4-16)37-11-9-36(10-12-37)17-5-6-19-20(13-17)29(43)38(28(19)42)23-7-8-24(40)32-27(23)41/h5-6,13-16,23,25H,3-4,7-12H2,1-2H3,(H,32,40,41). The second kappa shape index (κ2) is 11.6. The molecule has 1 aromatic carbocycles. The number of imide groups is 2. The molecule has 3 aromatic rings. The number of ether oxygens (including phenoxy) is 2. The Balaban J connectivity index is 1.14. The molecule has 16 heteroatoms.